The number of terminal acetylenes is 1. The van der Waals surface area contributed by atoms with Crippen LogP contribution in [0.1, 0.15) is 25.0 Å². The lowest BCUT2D eigenvalue weighted by molar-refractivity contribution is -0.385. The van der Waals surface area contributed by atoms with Gasteiger partial charge in [0.1, 0.15) is 0 Å². The Kier molecular flexibility index (Phi) is 8.69. The van der Waals surface area contributed by atoms with Crippen LogP contribution >= 0.6 is 11.8 Å². The van der Waals surface area contributed by atoms with Gasteiger partial charge in [-0.25, -0.2) is 4.79 Å². The summed E-state index contributed by atoms with van der Waals surface area (Å²) in [5.41, 5.74) is 0.271. The van der Waals surface area contributed by atoms with Crippen LogP contribution in [0.25, 0.3) is 0 Å². The molecule has 0 saturated carbocycles. The molecule has 7 nitrogen and oxygen atoms in total. The number of Topliss-reactive ketones (excluding diaryl/α,β-unsaturated/α-hetero) is 1. The van der Waals surface area contributed by atoms with Gasteiger partial charge in [-0.3, -0.25) is 14.9 Å². The molecule has 0 fully saturated rings. The monoisotopic (exact) mass is 448 g/mol. The Hall–Kier alpha value is -3.96. The summed E-state index contributed by atoms with van der Waals surface area (Å²) >= 11 is 1.36. The molecule has 0 aliphatic carbocycles. The normalized spacial score (nSPS) is 12.1. The van der Waals surface area contributed by atoms with E-state index < -0.39 is 16.7 Å². The average Bonchev–Trinajstić information content (AvgIpc) is 2.77. The van der Waals surface area contributed by atoms with Gasteiger partial charge in [0, 0.05) is 29.0 Å². The fourth-order valence-corrected chi connectivity index (χ4v) is 3.33. The van der Waals surface area contributed by atoms with Gasteiger partial charge in [0.05, 0.1) is 9.83 Å². The lowest BCUT2D eigenvalue weighted by atomic mass is 9.96. The number of allylic oxidation sites excluding steroid dienone is 4. The van der Waals surface area contributed by atoms with Crippen LogP contribution in [0.5, 0.6) is 0 Å². The highest BCUT2D eigenvalue weighted by Crippen LogP contribution is 2.26. The van der Waals surface area contributed by atoms with Crippen LogP contribution in [0.2, 0.25) is 0 Å². The number of carbonyl (C=O) groups is 2. The molecule has 32 heavy (non-hydrogen) atoms. The highest BCUT2D eigenvalue weighted by Gasteiger charge is 2.23. The number of nitro benzene ring substituents is 1. The molecule has 8 heteroatoms. The first-order valence-electron chi connectivity index (χ1n) is 9.37. The quantitative estimate of drug-likeness (QED) is 0.0824. The average molecular weight is 449 g/mol. The number of benzene rings is 2. The standard InChI is InChI=1S/C24H20N2O5S/c1-5-19(32-20-10-7-6-8-11-20)15-14-16(2)24(28)23(25-31-18(4)27)21-12-9-13-22(17(21)3)26(29)30/h1,6-15H,2-4H3/b16-14+,19-15+,25-23-. The number of hydrogen-bond donors (Lipinski definition) is 0. The number of ketones is 1. The Labute approximate surface area is 190 Å². The molecule has 0 heterocycles. The minimum absolute atomic E-state index is 0.179. The molecule has 0 aliphatic heterocycles. The summed E-state index contributed by atoms with van der Waals surface area (Å²) < 4.78 is 0. The van der Waals surface area contributed by atoms with Gasteiger partial charge in [0.15, 0.2) is 5.71 Å². The molecule has 0 bridgehead atoms. The Bertz CT molecular complexity index is 1170. The molecule has 162 valence electrons. The van der Waals surface area contributed by atoms with E-state index in [1.54, 1.807) is 13.0 Å². The first-order valence-corrected chi connectivity index (χ1v) is 10.2. The van der Waals surface area contributed by atoms with Gasteiger partial charge >= 0.3 is 5.97 Å². The summed E-state index contributed by atoms with van der Waals surface area (Å²) in [5.74, 6) is 1.28. The fraction of sp³-hybridized carbons (Fsp3) is 0.125. The van der Waals surface area contributed by atoms with Gasteiger partial charge in [-0.1, -0.05) is 59.2 Å². The van der Waals surface area contributed by atoms with Crippen LogP contribution in [0, 0.1) is 29.4 Å². The number of nitro groups is 1. The molecule has 0 N–H and O–H groups in total. The third kappa shape index (κ3) is 6.52. The van der Waals surface area contributed by atoms with Gasteiger partial charge in [0.2, 0.25) is 5.78 Å². The summed E-state index contributed by atoms with van der Waals surface area (Å²) in [6.45, 7) is 4.18. The zero-order chi connectivity index (χ0) is 23.7. The van der Waals surface area contributed by atoms with Crippen LogP contribution in [0.3, 0.4) is 0 Å². The van der Waals surface area contributed by atoms with Crippen LogP contribution in [-0.4, -0.2) is 22.4 Å². The topological polar surface area (TPSA) is 98.9 Å². The Morgan fingerprint density at radius 1 is 1.12 bits per heavy atom. The number of thioether (sulfide) groups is 1. The highest BCUT2D eigenvalue weighted by atomic mass is 32.2. The lowest BCUT2D eigenvalue weighted by Gasteiger charge is -2.09. The Morgan fingerprint density at radius 2 is 1.81 bits per heavy atom. The largest absolute Gasteiger partial charge is 0.332 e. The third-order valence-electron chi connectivity index (χ3n) is 4.19. The molecule has 2 aromatic carbocycles. The molecule has 0 saturated heterocycles. The lowest BCUT2D eigenvalue weighted by Crippen LogP contribution is -2.19. The fourth-order valence-electron chi connectivity index (χ4n) is 2.59. The number of hydrogen-bond acceptors (Lipinski definition) is 7. The molecule has 2 aromatic rings. The zero-order valence-electron chi connectivity index (χ0n) is 17.7. The van der Waals surface area contributed by atoms with E-state index in [-0.39, 0.29) is 28.1 Å². The van der Waals surface area contributed by atoms with Crippen molar-refractivity contribution >= 4 is 34.9 Å². The zero-order valence-corrected chi connectivity index (χ0v) is 18.5. The van der Waals surface area contributed by atoms with E-state index >= 15 is 0 Å². The van der Waals surface area contributed by atoms with E-state index in [0.717, 1.165) is 11.8 Å². The van der Waals surface area contributed by atoms with E-state index in [1.807, 2.05) is 30.3 Å². The second-order valence-electron chi connectivity index (χ2n) is 6.50. The van der Waals surface area contributed by atoms with Gasteiger partial charge in [-0.15, -0.1) is 6.42 Å². The van der Waals surface area contributed by atoms with Crippen molar-refractivity contribution in [2.24, 2.45) is 5.16 Å². The van der Waals surface area contributed by atoms with Crippen LogP contribution in [0.4, 0.5) is 5.69 Å². The van der Waals surface area contributed by atoms with Crippen LogP contribution < -0.4 is 0 Å². The second kappa shape index (κ2) is 11.4. The molecule has 0 aliphatic rings. The van der Waals surface area contributed by atoms with Gasteiger partial charge in [-0.05, 0) is 37.6 Å². The van der Waals surface area contributed by atoms with Crippen molar-refractivity contribution in [2.75, 3.05) is 0 Å². The van der Waals surface area contributed by atoms with Crippen LogP contribution in [-0.2, 0) is 14.4 Å². The number of oxime groups is 1. The summed E-state index contributed by atoms with van der Waals surface area (Å²) in [6, 6.07) is 13.7. The number of rotatable bonds is 8. The number of nitrogens with zero attached hydrogens (tertiary/aromatic N) is 2. The van der Waals surface area contributed by atoms with E-state index in [1.165, 1.54) is 43.0 Å². The van der Waals surface area contributed by atoms with Crippen molar-refractivity contribution in [1.29, 1.82) is 0 Å². The van der Waals surface area contributed by atoms with E-state index in [9.17, 15) is 19.7 Å². The van der Waals surface area contributed by atoms with Crippen molar-refractivity contribution < 1.29 is 19.3 Å². The molecule has 0 unspecified atom stereocenters. The summed E-state index contributed by atoms with van der Waals surface area (Å²) in [5, 5.41) is 15.0. The predicted molar refractivity (Wildman–Crippen MR) is 124 cm³/mol. The SMILES string of the molecule is C#C/C(=C\C=C(/C)C(=O)/C(=N\OC(C)=O)c1cccc([N+](=O)[O-])c1C)Sc1ccccc1. The van der Waals surface area contributed by atoms with Crippen molar-refractivity contribution in [1.82, 2.24) is 0 Å². The predicted octanol–water partition coefficient (Wildman–Crippen LogP) is 5.00. The van der Waals surface area contributed by atoms with Crippen molar-refractivity contribution in [3.8, 4) is 12.3 Å². The Balaban J connectivity index is 2.42. The van der Waals surface area contributed by atoms with Gasteiger partial charge in [-0.2, -0.15) is 0 Å². The summed E-state index contributed by atoms with van der Waals surface area (Å²) in [4.78, 5) is 41.3. The van der Waals surface area contributed by atoms with Crippen LogP contribution in [0.15, 0.2) is 81.2 Å². The molecular weight excluding hydrogens is 428 g/mol. The molecule has 0 amide bonds. The summed E-state index contributed by atoms with van der Waals surface area (Å²) in [7, 11) is 0. The van der Waals surface area contributed by atoms with Crippen molar-refractivity contribution in [3.05, 3.63) is 92.4 Å². The smallest absolute Gasteiger partial charge is 0.318 e. The second-order valence-corrected chi connectivity index (χ2v) is 7.61. The molecular formula is C24H20N2O5S. The maximum Gasteiger partial charge on any atom is 0.332 e. The van der Waals surface area contributed by atoms with E-state index in [0.29, 0.717) is 4.91 Å². The molecule has 2 rings (SSSR count). The maximum atomic E-state index is 13.1. The number of carbonyl (C=O) groups excluding carboxylic acids is 2. The van der Waals surface area contributed by atoms with Crippen molar-refractivity contribution in [2.45, 2.75) is 25.7 Å². The Morgan fingerprint density at radius 3 is 2.41 bits per heavy atom. The van der Waals surface area contributed by atoms with Crippen molar-refractivity contribution in [3.63, 3.8) is 0 Å². The minimum Gasteiger partial charge on any atom is -0.318 e. The van der Waals surface area contributed by atoms with Gasteiger partial charge < -0.3 is 4.84 Å². The van der Waals surface area contributed by atoms with E-state index in [2.05, 4.69) is 11.1 Å². The minimum atomic E-state index is -0.728. The first kappa shape index (κ1) is 24.3. The first-order chi connectivity index (χ1) is 15.2. The molecule has 0 atom stereocenters. The highest BCUT2D eigenvalue weighted by molar-refractivity contribution is 8.03. The van der Waals surface area contributed by atoms with Gasteiger partial charge in [0.25, 0.3) is 5.69 Å². The summed E-state index contributed by atoms with van der Waals surface area (Å²) in [6.07, 6.45) is 8.73. The molecule has 0 radical (unpaired) electrons. The third-order valence-corrected chi connectivity index (χ3v) is 5.18. The van der Waals surface area contributed by atoms with E-state index in [4.69, 9.17) is 11.3 Å². The maximum absolute atomic E-state index is 13.1. The molecule has 0 aromatic heterocycles. The molecule has 0 spiro atoms.